The number of carbonyl (C=O) groups excluding carboxylic acids is 1. The van der Waals surface area contributed by atoms with Crippen LogP contribution in [0.5, 0.6) is 0 Å². The highest BCUT2D eigenvalue weighted by molar-refractivity contribution is 5.76. The van der Waals surface area contributed by atoms with Gasteiger partial charge in [-0.05, 0) is 59.2 Å². The molecule has 0 bridgehead atoms. The standard InChI is InChI=1S/C16H30N2O3/c1-4-16(15(20)21)9-12-17(13-10-16)11-7-8-14(19)18(5-2)6-3/h4-13H2,1-3H3,(H,20,21). The summed E-state index contributed by atoms with van der Waals surface area (Å²) in [5, 5.41) is 9.37. The molecular formula is C16H30N2O3. The first kappa shape index (κ1) is 18.0. The predicted molar refractivity (Wildman–Crippen MR) is 83.2 cm³/mol. The van der Waals surface area contributed by atoms with Crippen LogP contribution in [0.25, 0.3) is 0 Å². The average Bonchev–Trinajstić information content (AvgIpc) is 2.49. The molecule has 1 fully saturated rings. The Morgan fingerprint density at radius 2 is 1.71 bits per heavy atom. The van der Waals surface area contributed by atoms with Crippen LogP contribution in [0.15, 0.2) is 0 Å². The lowest BCUT2D eigenvalue weighted by atomic mass is 9.76. The van der Waals surface area contributed by atoms with Gasteiger partial charge in [-0.1, -0.05) is 6.92 Å². The van der Waals surface area contributed by atoms with E-state index in [-0.39, 0.29) is 5.91 Å². The van der Waals surface area contributed by atoms with Crippen molar-refractivity contribution in [1.29, 1.82) is 0 Å². The predicted octanol–water partition coefficient (Wildman–Crippen LogP) is 2.21. The summed E-state index contributed by atoms with van der Waals surface area (Å²) in [6, 6.07) is 0. The van der Waals surface area contributed by atoms with E-state index in [9.17, 15) is 14.7 Å². The van der Waals surface area contributed by atoms with E-state index in [0.29, 0.717) is 12.8 Å². The second kappa shape index (κ2) is 8.37. The molecule has 1 saturated heterocycles. The van der Waals surface area contributed by atoms with Gasteiger partial charge in [0.05, 0.1) is 5.41 Å². The molecule has 122 valence electrons. The number of likely N-dealkylation sites (tertiary alicyclic amines) is 1. The van der Waals surface area contributed by atoms with Crippen molar-refractivity contribution < 1.29 is 14.7 Å². The van der Waals surface area contributed by atoms with E-state index >= 15 is 0 Å². The van der Waals surface area contributed by atoms with Gasteiger partial charge < -0.3 is 14.9 Å². The van der Waals surface area contributed by atoms with Gasteiger partial charge in [0.2, 0.25) is 5.91 Å². The first-order valence-electron chi connectivity index (χ1n) is 8.22. The Hall–Kier alpha value is -1.10. The van der Waals surface area contributed by atoms with E-state index < -0.39 is 11.4 Å². The molecule has 1 N–H and O–H groups in total. The molecule has 1 heterocycles. The topological polar surface area (TPSA) is 60.9 Å². The van der Waals surface area contributed by atoms with E-state index in [4.69, 9.17) is 0 Å². The van der Waals surface area contributed by atoms with Crippen LogP contribution in [0.1, 0.15) is 52.9 Å². The summed E-state index contributed by atoms with van der Waals surface area (Å²) in [7, 11) is 0. The van der Waals surface area contributed by atoms with Crippen LogP contribution in [-0.2, 0) is 9.59 Å². The molecule has 1 aliphatic heterocycles. The number of nitrogens with zero attached hydrogens (tertiary/aromatic N) is 2. The third kappa shape index (κ3) is 4.70. The van der Waals surface area contributed by atoms with Gasteiger partial charge in [-0.15, -0.1) is 0 Å². The number of carbonyl (C=O) groups is 2. The van der Waals surface area contributed by atoms with Crippen molar-refractivity contribution >= 4 is 11.9 Å². The zero-order chi connectivity index (χ0) is 15.9. The lowest BCUT2D eigenvalue weighted by molar-refractivity contribution is -0.152. The summed E-state index contributed by atoms with van der Waals surface area (Å²) in [5.74, 6) is -0.424. The van der Waals surface area contributed by atoms with Gasteiger partial charge in [-0.3, -0.25) is 9.59 Å². The van der Waals surface area contributed by atoms with Gasteiger partial charge >= 0.3 is 5.97 Å². The number of hydrogen-bond acceptors (Lipinski definition) is 3. The highest BCUT2D eigenvalue weighted by Gasteiger charge is 2.39. The molecule has 21 heavy (non-hydrogen) atoms. The van der Waals surface area contributed by atoms with Crippen molar-refractivity contribution in [2.45, 2.75) is 52.9 Å². The number of amides is 1. The summed E-state index contributed by atoms with van der Waals surface area (Å²) in [5.41, 5.74) is -0.520. The highest BCUT2D eigenvalue weighted by Crippen LogP contribution is 2.35. The summed E-state index contributed by atoms with van der Waals surface area (Å²) in [6.07, 6.45) is 3.61. The van der Waals surface area contributed by atoms with E-state index in [0.717, 1.165) is 52.0 Å². The molecule has 1 amide bonds. The van der Waals surface area contributed by atoms with Crippen LogP contribution in [0, 0.1) is 5.41 Å². The summed E-state index contributed by atoms with van der Waals surface area (Å²) in [6.45, 7) is 10.1. The number of rotatable bonds is 8. The maximum Gasteiger partial charge on any atom is 0.309 e. The van der Waals surface area contributed by atoms with Crippen LogP contribution < -0.4 is 0 Å². The van der Waals surface area contributed by atoms with Crippen molar-refractivity contribution in [1.82, 2.24) is 9.80 Å². The molecule has 0 atom stereocenters. The minimum absolute atomic E-state index is 0.227. The highest BCUT2D eigenvalue weighted by atomic mass is 16.4. The van der Waals surface area contributed by atoms with Crippen molar-refractivity contribution in [2.24, 2.45) is 5.41 Å². The first-order valence-corrected chi connectivity index (χ1v) is 8.22. The average molecular weight is 298 g/mol. The molecule has 0 aromatic rings. The molecular weight excluding hydrogens is 268 g/mol. The minimum atomic E-state index is -0.652. The fourth-order valence-electron chi connectivity index (χ4n) is 3.11. The maximum absolute atomic E-state index is 11.9. The Bertz CT molecular complexity index is 345. The number of carboxylic acid groups (broad SMARTS) is 1. The molecule has 0 aliphatic carbocycles. The van der Waals surface area contributed by atoms with Gasteiger partial charge in [-0.2, -0.15) is 0 Å². The van der Waals surface area contributed by atoms with E-state index in [1.807, 2.05) is 25.7 Å². The molecule has 0 spiro atoms. The fourth-order valence-corrected chi connectivity index (χ4v) is 3.11. The van der Waals surface area contributed by atoms with E-state index in [1.165, 1.54) is 0 Å². The van der Waals surface area contributed by atoms with Gasteiger partial charge in [0.1, 0.15) is 0 Å². The molecule has 1 rings (SSSR count). The van der Waals surface area contributed by atoms with Crippen LogP contribution in [0.3, 0.4) is 0 Å². The number of hydrogen-bond donors (Lipinski definition) is 1. The Kier molecular flexibility index (Phi) is 7.15. The molecule has 1 aliphatic rings. The summed E-state index contributed by atoms with van der Waals surface area (Å²) >= 11 is 0. The number of piperidine rings is 1. The second-order valence-electron chi connectivity index (χ2n) is 5.95. The molecule has 0 saturated carbocycles. The third-order valence-electron chi connectivity index (χ3n) is 4.92. The van der Waals surface area contributed by atoms with Crippen molar-refractivity contribution in [2.75, 3.05) is 32.7 Å². The fraction of sp³-hybridized carbons (Fsp3) is 0.875. The van der Waals surface area contributed by atoms with E-state index in [2.05, 4.69) is 4.90 Å². The summed E-state index contributed by atoms with van der Waals surface area (Å²) < 4.78 is 0. The molecule has 0 radical (unpaired) electrons. The lowest BCUT2D eigenvalue weighted by Gasteiger charge is -2.38. The summed E-state index contributed by atoms with van der Waals surface area (Å²) in [4.78, 5) is 27.5. The van der Waals surface area contributed by atoms with Gasteiger partial charge in [0.25, 0.3) is 0 Å². The van der Waals surface area contributed by atoms with Crippen molar-refractivity contribution in [3.05, 3.63) is 0 Å². The smallest absolute Gasteiger partial charge is 0.309 e. The third-order valence-corrected chi connectivity index (χ3v) is 4.92. The molecule has 5 heteroatoms. The zero-order valence-corrected chi connectivity index (χ0v) is 13.7. The van der Waals surface area contributed by atoms with Gasteiger partial charge in [0, 0.05) is 19.5 Å². The monoisotopic (exact) mass is 298 g/mol. The van der Waals surface area contributed by atoms with Crippen LogP contribution in [0.2, 0.25) is 0 Å². The van der Waals surface area contributed by atoms with Crippen molar-refractivity contribution in [3.63, 3.8) is 0 Å². The second-order valence-corrected chi connectivity index (χ2v) is 5.95. The minimum Gasteiger partial charge on any atom is -0.481 e. The van der Waals surface area contributed by atoms with Gasteiger partial charge in [0.15, 0.2) is 0 Å². The molecule has 0 aromatic heterocycles. The largest absolute Gasteiger partial charge is 0.481 e. The quantitative estimate of drug-likeness (QED) is 0.746. The molecule has 0 aromatic carbocycles. The number of aliphatic carboxylic acids is 1. The van der Waals surface area contributed by atoms with Crippen molar-refractivity contribution in [3.8, 4) is 0 Å². The SMILES string of the molecule is CCN(CC)C(=O)CCCN1CCC(CC)(C(=O)O)CC1. The number of carboxylic acids is 1. The lowest BCUT2D eigenvalue weighted by Crippen LogP contribution is -2.44. The molecule has 5 nitrogen and oxygen atoms in total. The van der Waals surface area contributed by atoms with Crippen LogP contribution in [0.4, 0.5) is 0 Å². The normalized spacial score (nSPS) is 18.4. The van der Waals surface area contributed by atoms with Crippen LogP contribution >= 0.6 is 0 Å². The Labute approximate surface area is 128 Å². The maximum atomic E-state index is 11.9. The first-order chi connectivity index (χ1) is 9.99. The Balaban J connectivity index is 2.31. The Morgan fingerprint density at radius 1 is 1.14 bits per heavy atom. The molecule has 0 unspecified atom stereocenters. The van der Waals surface area contributed by atoms with Crippen LogP contribution in [-0.4, -0.2) is 59.5 Å². The Morgan fingerprint density at radius 3 is 2.14 bits per heavy atom. The zero-order valence-electron chi connectivity index (χ0n) is 13.7. The van der Waals surface area contributed by atoms with E-state index in [1.54, 1.807) is 0 Å². The van der Waals surface area contributed by atoms with Gasteiger partial charge in [-0.25, -0.2) is 0 Å².